The van der Waals surface area contributed by atoms with Crippen molar-refractivity contribution in [2.75, 3.05) is 13.1 Å². The molecule has 3 nitrogen and oxygen atoms in total. The largest absolute Gasteiger partial charge is 0.352 e. The van der Waals surface area contributed by atoms with Gasteiger partial charge in [0, 0.05) is 18.5 Å². The molecule has 4 aliphatic carbocycles. The predicted octanol–water partition coefficient (Wildman–Crippen LogP) is 1.96. The molecule has 4 saturated carbocycles. The molecular formula is C15H25ClN2O. The Morgan fingerprint density at radius 3 is 2.16 bits per heavy atom. The number of halogens is 1. The molecule has 1 heterocycles. The second-order valence-electron chi connectivity index (χ2n) is 7.15. The average molecular weight is 285 g/mol. The van der Waals surface area contributed by atoms with Crippen molar-refractivity contribution in [3.8, 4) is 0 Å². The minimum Gasteiger partial charge on any atom is -0.352 e. The minimum absolute atomic E-state index is 0. The molecular weight excluding hydrogens is 260 g/mol. The Balaban J connectivity index is 0.00000110. The molecule has 0 aromatic heterocycles. The fraction of sp³-hybridized carbons (Fsp3) is 0.933. The van der Waals surface area contributed by atoms with E-state index in [0.29, 0.717) is 17.9 Å². The van der Waals surface area contributed by atoms with Crippen LogP contribution in [0.3, 0.4) is 0 Å². The second-order valence-corrected chi connectivity index (χ2v) is 7.15. The maximum absolute atomic E-state index is 12.6. The fourth-order valence-corrected chi connectivity index (χ4v) is 5.43. The van der Waals surface area contributed by atoms with Crippen LogP contribution in [0.2, 0.25) is 0 Å². The molecule has 1 unspecified atom stereocenters. The van der Waals surface area contributed by atoms with Crippen molar-refractivity contribution in [1.82, 2.24) is 10.6 Å². The first-order valence-electron chi connectivity index (χ1n) is 7.80. The minimum atomic E-state index is 0. The predicted molar refractivity (Wildman–Crippen MR) is 77.2 cm³/mol. The highest BCUT2D eigenvalue weighted by atomic mass is 35.5. The summed E-state index contributed by atoms with van der Waals surface area (Å²) in [5.41, 5.74) is 0. The topological polar surface area (TPSA) is 41.1 Å². The van der Waals surface area contributed by atoms with Gasteiger partial charge in [-0.25, -0.2) is 0 Å². The van der Waals surface area contributed by atoms with Gasteiger partial charge in [0.05, 0.1) is 0 Å². The Kier molecular flexibility index (Phi) is 3.78. The lowest BCUT2D eigenvalue weighted by Crippen LogP contribution is -2.52. The van der Waals surface area contributed by atoms with Crippen LogP contribution in [0, 0.1) is 29.6 Å². The van der Waals surface area contributed by atoms with E-state index >= 15 is 0 Å². The Morgan fingerprint density at radius 1 is 1.00 bits per heavy atom. The third-order valence-electron chi connectivity index (χ3n) is 5.94. The van der Waals surface area contributed by atoms with Crippen molar-refractivity contribution in [2.45, 2.75) is 44.6 Å². The van der Waals surface area contributed by atoms with Crippen LogP contribution in [-0.2, 0) is 4.79 Å². The van der Waals surface area contributed by atoms with Gasteiger partial charge in [0.25, 0.3) is 0 Å². The monoisotopic (exact) mass is 284 g/mol. The lowest BCUT2D eigenvalue weighted by molar-refractivity contribution is -0.138. The lowest BCUT2D eigenvalue weighted by Gasteiger charge is -2.53. The average Bonchev–Trinajstić information content (AvgIpc) is 2.80. The molecule has 0 aromatic rings. The Hall–Kier alpha value is -0.280. The molecule has 5 rings (SSSR count). The zero-order chi connectivity index (χ0) is 12.1. The van der Waals surface area contributed by atoms with Crippen LogP contribution in [-0.4, -0.2) is 25.0 Å². The van der Waals surface area contributed by atoms with E-state index < -0.39 is 0 Å². The van der Waals surface area contributed by atoms with Crippen LogP contribution in [0.4, 0.5) is 0 Å². The molecule has 19 heavy (non-hydrogen) atoms. The number of carbonyl (C=O) groups excluding carboxylic acids is 1. The number of hydrogen-bond donors (Lipinski definition) is 2. The summed E-state index contributed by atoms with van der Waals surface area (Å²) >= 11 is 0. The maximum atomic E-state index is 12.6. The highest BCUT2D eigenvalue weighted by Crippen LogP contribution is 2.56. The highest BCUT2D eigenvalue weighted by Gasteiger charge is 2.50. The standard InChI is InChI=1S/C15H24N2O.ClH/c18-15(17-13-1-2-16-8-13)14-11-4-9-3-10(6-11)7-12(14)5-9;/h9-14,16H,1-8H2,(H,17,18);1H. The fourth-order valence-electron chi connectivity index (χ4n) is 5.43. The summed E-state index contributed by atoms with van der Waals surface area (Å²) in [5, 5.41) is 6.64. The molecule has 5 fully saturated rings. The van der Waals surface area contributed by atoms with Gasteiger partial charge >= 0.3 is 0 Å². The molecule has 0 radical (unpaired) electrons. The van der Waals surface area contributed by atoms with Crippen LogP contribution >= 0.6 is 12.4 Å². The third-order valence-corrected chi connectivity index (χ3v) is 5.94. The van der Waals surface area contributed by atoms with Gasteiger partial charge in [-0.05, 0) is 68.7 Å². The molecule has 4 heteroatoms. The molecule has 5 aliphatic rings. The van der Waals surface area contributed by atoms with E-state index in [-0.39, 0.29) is 12.4 Å². The van der Waals surface area contributed by atoms with Crippen molar-refractivity contribution in [3.05, 3.63) is 0 Å². The van der Waals surface area contributed by atoms with Gasteiger partial charge in [0.15, 0.2) is 0 Å². The van der Waals surface area contributed by atoms with Gasteiger partial charge in [-0.15, -0.1) is 12.4 Å². The first kappa shape index (κ1) is 13.7. The number of nitrogens with one attached hydrogen (secondary N) is 2. The first-order valence-corrected chi connectivity index (χ1v) is 7.80. The van der Waals surface area contributed by atoms with Gasteiger partial charge in [-0.3, -0.25) is 4.79 Å². The summed E-state index contributed by atoms with van der Waals surface area (Å²) < 4.78 is 0. The smallest absolute Gasteiger partial charge is 0.223 e. The zero-order valence-corrected chi connectivity index (χ0v) is 12.3. The molecule has 0 spiro atoms. The van der Waals surface area contributed by atoms with E-state index in [4.69, 9.17) is 0 Å². The highest BCUT2D eigenvalue weighted by molar-refractivity contribution is 5.85. The Labute approximate surface area is 121 Å². The Morgan fingerprint density at radius 2 is 1.63 bits per heavy atom. The molecule has 108 valence electrons. The van der Waals surface area contributed by atoms with Crippen molar-refractivity contribution < 1.29 is 4.79 Å². The van der Waals surface area contributed by atoms with Crippen molar-refractivity contribution in [1.29, 1.82) is 0 Å². The SMILES string of the molecule is Cl.O=C(NC1CCNC1)C1C2CC3CC(C2)CC1C3. The van der Waals surface area contributed by atoms with Gasteiger partial charge in [-0.1, -0.05) is 0 Å². The van der Waals surface area contributed by atoms with E-state index in [2.05, 4.69) is 10.6 Å². The maximum Gasteiger partial charge on any atom is 0.223 e. The molecule has 2 N–H and O–H groups in total. The summed E-state index contributed by atoms with van der Waals surface area (Å²) in [7, 11) is 0. The summed E-state index contributed by atoms with van der Waals surface area (Å²) in [6, 6.07) is 0.398. The summed E-state index contributed by atoms with van der Waals surface area (Å²) in [4.78, 5) is 12.6. The molecule has 1 atom stereocenters. The van der Waals surface area contributed by atoms with E-state index in [9.17, 15) is 4.79 Å². The van der Waals surface area contributed by atoms with Crippen LogP contribution in [0.1, 0.15) is 38.5 Å². The van der Waals surface area contributed by atoms with E-state index in [1.165, 1.54) is 32.1 Å². The molecule has 0 aromatic carbocycles. The summed E-state index contributed by atoms with van der Waals surface area (Å²) in [6.45, 7) is 2.03. The van der Waals surface area contributed by atoms with Crippen LogP contribution in [0.25, 0.3) is 0 Å². The third kappa shape index (κ3) is 2.40. The molecule has 1 saturated heterocycles. The number of rotatable bonds is 2. The van der Waals surface area contributed by atoms with Crippen LogP contribution in [0.15, 0.2) is 0 Å². The van der Waals surface area contributed by atoms with E-state index in [1.807, 2.05) is 0 Å². The van der Waals surface area contributed by atoms with E-state index in [1.54, 1.807) is 0 Å². The molecule has 1 aliphatic heterocycles. The van der Waals surface area contributed by atoms with Crippen molar-refractivity contribution >= 4 is 18.3 Å². The van der Waals surface area contributed by atoms with Gasteiger partial charge < -0.3 is 10.6 Å². The second kappa shape index (κ2) is 5.25. The van der Waals surface area contributed by atoms with Gasteiger partial charge in [0.1, 0.15) is 0 Å². The lowest BCUT2D eigenvalue weighted by atomic mass is 9.51. The van der Waals surface area contributed by atoms with Crippen LogP contribution in [0.5, 0.6) is 0 Å². The van der Waals surface area contributed by atoms with Crippen molar-refractivity contribution in [3.63, 3.8) is 0 Å². The summed E-state index contributed by atoms with van der Waals surface area (Å²) in [6.07, 6.45) is 7.94. The van der Waals surface area contributed by atoms with Crippen molar-refractivity contribution in [2.24, 2.45) is 29.6 Å². The van der Waals surface area contributed by atoms with Gasteiger partial charge in [-0.2, -0.15) is 0 Å². The number of amides is 1. The molecule has 1 amide bonds. The number of carbonyl (C=O) groups is 1. The van der Waals surface area contributed by atoms with E-state index in [0.717, 1.165) is 43.2 Å². The zero-order valence-electron chi connectivity index (χ0n) is 11.4. The first-order chi connectivity index (χ1) is 8.79. The number of hydrogen-bond acceptors (Lipinski definition) is 2. The molecule has 4 bridgehead atoms. The van der Waals surface area contributed by atoms with Gasteiger partial charge in [0.2, 0.25) is 5.91 Å². The Bertz CT molecular complexity index is 326. The quantitative estimate of drug-likeness (QED) is 0.814. The summed E-state index contributed by atoms with van der Waals surface area (Å²) in [5.74, 6) is 4.11. The normalized spacial score (nSPS) is 46.9. The van der Waals surface area contributed by atoms with Crippen LogP contribution < -0.4 is 10.6 Å².